The molecule has 0 saturated carbocycles. The van der Waals surface area contributed by atoms with Gasteiger partial charge < -0.3 is 30.3 Å². The number of amides is 1. The minimum absolute atomic E-state index is 0. The van der Waals surface area contributed by atoms with Crippen LogP contribution in [0.25, 0.3) is 0 Å². The highest BCUT2D eigenvalue weighted by atomic mass is 35.5. The summed E-state index contributed by atoms with van der Waals surface area (Å²) < 4.78 is 5.43. The van der Waals surface area contributed by atoms with Crippen molar-refractivity contribution < 1.29 is 24.9 Å². The Bertz CT molecular complexity index is 534. The van der Waals surface area contributed by atoms with E-state index in [0.29, 0.717) is 24.9 Å². The number of nitrogens with one attached hydrogen (secondary N) is 1. The summed E-state index contributed by atoms with van der Waals surface area (Å²) in [6.07, 6.45) is 7.51. The number of hydrogen-bond donors (Lipinski definition) is 4. The number of aliphatic hydroxyl groups is 3. The molecule has 4 saturated heterocycles. The Morgan fingerprint density at radius 2 is 1.30 bits per heavy atom. The fourth-order valence-corrected chi connectivity index (χ4v) is 5.44. The van der Waals surface area contributed by atoms with Crippen LogP contribution < -0.4 is 5.32 Å². The molecule has 0 aliphatic carbocycles. The van der Waals surface area contributed by atoms with Gasteiger partial charge in [0.25, 0.3) is 0 Å². The zero-order chi connectivity index (χ0) is 22.0. The Labute approximate surface area is 188 Å². The zero-order valence-electron chi connectivity index (χ0n) is 19.5. The molecule has 4 aliphatic rings. The Hall–Kier alpha value is -0.600. The summed E-state index contributed by atoms with van der Waals surface area (Å²) in [6, 6.07) is 1.51. The van der Waals surface area contributed by atoms with Gasteiger partial charge in [-0.1, -0.05) is 0 Å². The molecule has 4 bridgehead atoms. The fraction of sp³-hybridized carbons (Fsp3) is 0.955. The van der Waals surface area contributed by atoms with Crippen LogP contribution in [-0.2, 0) is 4.74 Å². The van der Waals surface area contributed by atoms with Crippen LogP contribution in [0.2, 0.25) is 0 Å². The van der Waals surface area contributed by atoms with Crippen molar-refractivity contribution in [1.29, 1.82) is 0 Å². The van der Waals surface area contributed by atoms with E-state index in [9.17, 15) is 15.0 Å². The Kier molecular flexibility index (Phi) is 9.46. The van der Waals surface area contributed by atoms with Crippen molar-refractivity contribution in [2.24, 2.45) is 0 Å². The largest absolute Gasteiger partial charge is 0.444 e. The average molecular weight is 451 g/mol. The Morgan fingerprint density at radius 1 is 0.900 bits per heavy atom. The number of halogens is 1. The first kappa shape index (κ1) is 27.4. The molecule has 6 atom stereocenters. The van der Waals surface area contributed by atoms with E-state index in [4.69, 9.17) is 9.84 Å². The molecule has 30 heavy (non-hydrogen) atoms. The zero-order valence-corrected chi connectivity index (χ0v) is 20.3. The fourth-order valence-electron chi connectivity index (χ4n) is 5.44. The lowest BCUT2D eigenvalue weighted by atomic mass is 9.88. The number of rotatable bonds is 0. The van der Waals surface area contributed by atoms with Gasteiger partial charge in [-0.15, -0.1) is 12.4 Å². The minimum Gasteiger partial charge on any atom is -0.444 e. The molecule has 7 nitrogen and oxygen atoms in total. The molecule has 0 aromatic heterocycles. The molecule has 8 heteroatoms. The summed E-state index contributed by atoms with van der Waals surface area (Å²) in [5, 5.41) is 30.3. The first-order chi connectivity index (χ1) is 13.3. The van der Waals surface area contributed by atoms with Gasteiger partial charge >= 0.3 is 6.09 Å². The van der Waals surface area contributed by atoms with Gasteiger partial charge in [-0.25, -0.2) is 4.79 Å². The highest BCUT2D eigenvalue weighted by molar-refractivity contribution is 5.85. The molecule has 4 rings (SSSR count). The molecule has 2 unspecified atom stereocenters. The normalized spacial score (nSPS) is 39.0. The Balaban J connectivity index is 0.000000296. The van der Waals surface area contributed by atoms with Crippen molar-refractivity contribution in [2.75, 3.05) is 7.11 Å². The molecular formula is C22H43ClN2O5. The van der Waals surface area contributed by atoms with Gasteiger partial charge in [-0.3, -0.25) is 0 Å². The van der Waals surface area contributed by atoms with E-state index in [0.717, 1.165) is 32.8 Å². The van der Waals surface area contributed by atoms with E-state index in [1.165, 1.54) is 12.8 Å². The quantitative estimate of drug-likeness (QED) is 0.452. The molecule has 0 aromatic rings. The van der Waals surface area contributed by atoms with Crippen LogP contribution in [0, 0.1) is 0 Å². The third kappa shape index (κ3) is 7.52. The molecule has 4 N–H and O–H groups in total. The summed E-state index contributed by atoms with van der Waals surface area (Å²) in [5.74, 6) is 0. The van der Waals surface area contributed by atoms with Gasteiger partial charge in [0.1, 0.15) is 5.60 Å². The third-order valence-corrected chi connectivity index (χ3v) is 6.28. The lowest BCUT2D eigenvalue weighted by Crippen LogP contribution is -2.53. The number of nitrogens with zero attached hydrogens (tertiary/aromatic N) is 1. The van der Waals surface area contributed by atoms with Gasteiger partial charge in [-0.05, 0) is 86.0 Å². The number of fused-ring (bicyclic) bond motifs is 4. The van der Waals surface area contributed by atoms with Crippen molar-refractivity contribution in [3.8, 4) is 0 Å². The number of carbonyl (C=O) groups is 1. The monoisotopic (exact) mass is 450 g/mol. The van der Waals surface area contributed by atoms with Gasteiger partial charge in [-0.2, -0.15) is 0 Å². The van der Waals surface area contributed by atoms with Crippen molar-refractivity contribution >= 4 is 18.5 Å². The number of aliphatic hydroxyl groups excluding tert-OH is 1. The van der Waals surface area contributed by atoms with Crippen LogP contribution in [0.3, 0.4) is 0 Å². The van der Waals surface area contributed by atoms with E-state index in [2.05, 4.69) is 5.32 Å². The summed E-state index contributed by atoms with van der Waals surface area (Å²) in [6.45, 7) is 9.47. The van der Waals surface area contributed by atoms with Crippen molar-refractivity contribution in [3.63, 3.8) is 0 Å². The highest BCUT2D eigenvalue weighted by Crippen LogP contribution is 2.41. The number of carbonyl (C=O) groups excluding carboxylic acids is 1. The van der Waals surface area contributed by atoms with E-state index >= 15 is 0 Å². The van der Waals surface area contributed by atoms with E-state index in [-0.39, 0.29) is 36.2 Å². The summed E-state index contributed by atoms with van der Waals surface area (Å²) in [5.41, 5.74) is -1.45. The maximum absolute atomic E-state index is 12.1. The standard InChI is InChI=1S/C13H23NO3.C8H15NO.CH4O.ClH/c1-12(2,3)17-11(15)14-9-5-6-10(14)8-13(4,16)7-9;1-8(10)4-6-2-3-7(5-8)9-6;1-2;/h9-10,16H,5-8H2,1-4H3;6-7,9-10H,2-5H2,1H3;2H,1H3;1H/t9-,10+,13?;6-,7+,8?;;. The molecule has 178 valence electrons. The Morgan fingerprint density at radius 3 is 1.70 bits per heavy atom. The van der Waals surface area contributed by atoms with E-state index in [1.54, 1.807) is 0 Å². The smallest absolute Gasteiger partial charge is 0.410 e. The minimum atomic E-state index is -0.621. The molecule has 0 aromatic carbocycles. The van der Waals surface area contributed by atoms with Crippen molar-refractivity contribution in [1.82, 2.24) is 10.2 Å². The van der Waals surface area contributed by atoms with Crippen LogP contribution in [0.4, 0.5) is 4.79 Å². The van der Waals surface area contributed by atoms with Crippen LogP contribution in [0.1, 0.15) is 86.0 Å². The van der Waals surface area contributed by atoms with Gasteiger partial charge in [0.2, 0.25) is 0 Å². The molecular weight excluding hydrogens is 408 g/mol. The maximum atomic E-state index is 12.1. The number of piperidine rings is 2. The van der Waals surface area contributed by atoms with Gasteiger partial charge in [0.15, 0.2) is 0 Å². The second-order valence-corrected chi connectivity index (χ2v) is 10.7. The number of ether oxygens (including phenoxy) is 1. The van der Waals surface area contributed by atoms with Crippen LogP contribution in [0.5, 0.6) is 0 Å². The maximum Gasteiger partial charge on any atom is 0.410 e. The molecule has 4 aliphatic heterocycles. The van der Waals surface area contributed by atoms with Crippen molar-refractivity contribution in [2.45, 2.75) is 127 Å². The highest BCUT2D eigenvalue weighted by Gasteiger charge is 2.48. The summed E-state index contributed by atoms with van der Waals surface area (Å²) in [7, 11) is 1.00. The second kappa shape index (κ2) is 10.3. The summed E-state index contributed by atoms with van der Waals surface area (Å²) in [4.78, 5) is 14.0. The number of hydrogen-bond acceptors (Lipinski definition) is 6. The average Bonchev–Trinajstić information content (AvgIpc) is 3.05. The first-order valence-corrected chi connectivity index (χ1v) is 11.0. The second-order valence-electron chi connectivity index (χ2n) is 10.7. The van der Waals surface area contributed by atoms with Crippen LogP contribution in [-0.4, -0.2) is 74.4 Å². The summed E-state index contributed by atoms with van der Waals surface area (Å²) >= 11 is 0. The van der Waals surface area contributed by atoms with Gasteiger partial charge in [0.05, 0.1) is 11.2 Å². The van der Waals surface area contributed by atoms with Gasteiger partial charge in [0, 0.05) is 31.3 Å². The molecule has 0 spiro atoms. The topological polar surface area (TPSA) is 102 Å². The van der Waals surface area contributed by atoms with Crippen LogP contribution >= 0.6 is 12.4 Å². The first-order valence-electron chi connectivity index (χ1n) is 11.0. The SMILES string of the molecule is CC1(O)C[C@H]2CC[C@@H](C1)N2.CC1(O)C[C@H]2CC[C@@H](C1)N2C(=O)OC(C)(C)C.CO.Cl. The van der Waals surface area contributed by atoms with Crippen LogP contribution in [0.15, 0.2) is 0 Å². The lowest BCUT2D eigenvalue weighted by Gasteiger charge is -2.42. The predicted molar refractivity (Wildman–Crippen MR) is 120 cm³/mol. The molecule has 1 amide bonds. The van der Waals surface area contributed by atoms with E-state index in [1.807, 2.05) is 39.5 Å². The molecule has 0 radical (unpaired) electrons. The van der Waals surface area contributed by atoms with Crippen molar-refractivity contribution in [3.05, 3.63) is 0 Å². The molecule has 4 fully saturated rings. The third-order valence-electron chi connectivity index (χ3n) is 6.28. The molecule has 4 heterocycles. The lowest BCUT2D eigenvalue weighted by molar-refractivity contribution is -0.0483. The predicted octanol–water partition coefficient (Wildman–Crippen LogP) is 2.98. The van der Waals surface area contributed by atoms with E-state index < -0.39 is 11.2 Å².